The number of fused-ring (bicyclic) bond motifs is 2. The number of thiophene rings is 1. The lowest BCUT2D eigenvalue weighted by Crippen LogP contribution is -2.46. The van der Waals surface area contributed by atoms with Gasteiger partial charge in [-0.1, -0.05) is 19.1 Å². The fraction of sp³-hybridized carbons (Fsp3) is 0.455. The monoisotopic (exact) mass is 395 g/mol. The quantitative estimate of drug-likeness (QED) is 0.648. The zero-order valence-electron chi connectivity index (χ0n) is 16.1. The molecule has 2 aliphatic heterocycles. The van der Waals surface area contributed by atoms with Crippen LogP contribution in [0.1, 0.15) is 42.7 Å². The number of carbonyl (C=O) groups is 1. The minimum Gasteiger partial charge on any atom is -0.423 e. The van der Waals surface area contributed by atoms with Gasteiger partial charge in [0.05, 0.1) is 6.04 Å². The number of nitrogens with zero attached hydrogens (tertiary/aromatic N) is 3. The topological polar surface area (TPSA) is 49.6 Å². The summed E-state index contributed by atoms with van der Waals surface area (Å²) in [5, 5.41) is 2.17. The standard InChI is InChI=1S/C22H25N3O2S/c1-2-18-16-10-14-28-20(16)9-13-25(18)21(26)15-7-11-24(12-8-15)22-23-17-5-3-4-6-19(17)27-22/h3-6,10,14-15,18H,2,7-9,11-13H2,1H3. The van der Waals surface area contributed by atoms with E-state index in [0.717, 1.165) is 56.4 Å². The molecule has 0 spiro atoms. The Kier molecular flexibility index (Phi) is 4.59. The van der Waals surface area contributed by atoms with E-state index in [9.17, 15) is 4.79 Å². The highest BCUT2D eigenvalue weighted by Crippen LogP contribution is 2.37. The molecule has 5 rings (SSSR count). The molecule has 1 amide bonds. The van der Waals surface area contributed by atoms with Gasteiger partial charge in [0.2, 0.25) is 5.91 Å². The first kappa shape index (κ1) is 17.7. The molecule has 0 bridgehead atoms. The predicted molar refractivity (Wildman–Crippen MR) is 112 cm³/mol. The van der Waals surface area contributed by atoms with Crippen LogP contribution in [0.3, 0.4) is 0 Å². The molecule has 2 aliphatic rings. The first-order valence-electron chi connectivity index (χ1n) is 10.2. The van der Waals surface area contributed by atoms with Crippen LogP contribution in [-0.2, 0) is 11.2 Å². The number of carbonyl (C=O) groups excluding carboxylic acids is 1. The highest BCUT2D eigenvalue weighted by Gasteiger charge is 2.35. The number of hydrogen-bond donors (Lipinski definition) is 0. The van der Waals surface area contributed by atoms with Crippen LogP contribution < -0.4 is 4.90 Å². The second-order valence-electron chi connectivity index (χ2n) is 7.73. The van der Waals surface area contributed by atoms with Gasteiger partial charge in [-0.15, -0.1) is 11.3 Å². The molecule has 0 N–H and O–H groups in total. The zero-order chi connectivity index (χ0) is 19.1. The molecule has 1 saturated heterocycles. The van der Waals surface area contributed by atoms with Gasteiger partial charge in [0.25, 0.3) is 6.01 Å². The molecule has 1 fully saturated rings. The van der Waals surface area contributed by atoms with E-state index in [2.05, 4.69) is 33.2 Å². The van der Waals surface area contributed by atoms with E-state index in [-0.39, 0.29) is 12.0 Å². The van der Waals surface area contributed by atoms with Crippen molar-refractivity contribution in [3.05, 3.63) is 46.2 Å². The van der Waals surface area contributed by atoms with Gasteiger partial charge >= 0.3 is 0 Å². The van der Waals surface area contributed by atoms with Gasteiger partial charge in [0.15, 0.2) is 5.58 Å². The van der Waals surface area contributed by atoms with Gasteiger partial charge in [-0.05, 0) is 54.8 Å². The van der Waals surface area contributed by atoms with E-state index in [1.165, 1.54) is 10.4 Å². The van der Waals surface area contributed by atoms with Crippen LogP contribution in [0.2, 0.25) is 0 Å². The van der Waals surface area contributed by atoms with Crippen LogP contribution in [0.15, 0.2) is 40.1 Å². The first-order chi connectivity index (χ1) is 13.7. The molecule has 0 aliphatic carbocycles. The number of para-hydroxylation sites is 2. The summed E-state index contributed by atoms with van der Waals surface area (Å²) in [4.78, 5) is 23.7. The molecule has 1 unspecified atom stereocenters. The molecule has 1 atom stereocenters. The summed E-state index contributed by atoms with van der Waals surface area (Å²) in [6, 6.07) is 11.0. The summed E-state index contributed by atoms with van der Waals surface area (Å²) in [7, 11) is 0. The summed E-state index contributed by atoms with van der Waals surface area (Å²) in [5.41, 5.74) is 3.08. The molecule has 4 heterocycles. The normalized spacial score (nSPS) is 20.5. The summed E-state index contributed by atoms with van der Waals surface area (Å²) >= 11 is 1.83. The van der Waals surface area contributed by atoms with Gasteiger partial charge in [-0.25, -0.2) is 0 Å². The maximum absolute atomic E-state index is 13.3. The summed E-state index contributed by atoms with van der Waals surface area (Å²) in [5.74, 6) is 0.441. The summed E-state index contributed by atoms with van der Waals surface area (Å²) in [6.07, 6.45) is 3.70. The number of hydrogen-bond acceptors (Lipinski definition) is 5. The molecule has 6 heteroatoms. The number of aromatic nitrogens is 1. The Hall–Kier alpha value is -2.34. The van der Waals surface area contributed by atoms with Gasteiger partial charge in [-0.2, -0.15) is 4.98 Å². The number of anilines is 1. The number of amides is 1. The number of benzene rings is 1. The van der Waals surface area contributed by atoms with Crippen LogP contribution in [-0.4, -0.2) is 35.4 Å². The third-order valence-electron chi connectivity index (χ3n) is 6.16. The summed E-state index contributed by atoms with van der Waals surface area (Å²) < 4.78 is 5.90. The van der Waals surface area contributed by atoms with Crippen LogP contribution in [0, 0.1) is 5.92 Å². The van der Waals surface area contributed by atoms with E-state index < -0.39 is 0 Å². The average molecular weight is 396 g/mol. The highest BCUT2D eigenvalue weighted by atomic mass is 32.1. The molecule has 146 valence electrons. The molecule has 0 saturated carbocycles. The van der Waals surface area contributed by atoms with Gasteiger partial charge in [0, 0.05) is 30.4 Å². The molecule has 3 aromatic rings. The van der Waals surface area contributed by atoms with Crippen molar-refractivity contribution in [1.29, 1.82) is 0 Å². The van der Waals surface area contributed by atoms with Crippen molar-refractivity contribution >= 4 is 34.4 Å². The maximum Gasteiger partial charge on any atom is 0.298 e. The molecular weight excluding hydrogens is 370 g/mol. The van der Waals surface area contributed by atoms with Crippen molar-refractivity contribution in [2.45, 2.75) is 38.6 Å². The number of rotatable bonds is 3. The van der Waals surface area contributed by atoms with E-state index in [4.69, 9.17) is 4.42 Å². The smallest absolute Gasteiger partial charge is 0.298 e. The van der Waals surface area contributed by atoms with Crippen molar-refractivity contribution in [2.75, 3.05) is 24.5 Å². The molecule has 0 radical (unpaired) electrons. The highest BCUT2D eigenvalue weighted by molar-refractivity contribution is 7.10. The fourth-order valence-corrected chi connectivity index (χ4v) is 5.58. The lowest BCUT2D eigenvalue weighted by molar-refractivity contribution is -0.139. The van der Waals surface area contributed by atoms with Gasteiger partial charge in [-0.3, -0.25) is 4.79 Å². The van der Waals surface area contributed by atoms with Gasteiger partial charge < -0.3 is 14.2 Å². The van der Waals surface area contributed by atoms with E-state index >= 15 is 0 Å². The Morgan fingerprint density at radius 2 is 2.04 bits per heavy atom. The lowest BCUT2D eigenvalue weighted by atomic mass is 9.91. The van der Waals surface area contributed by atoms with Crippen LogP contribution in [0.5, 0.6) is 0 Å². The molecule has 1 aromatic carbocycles. The Labute approximate surface area is 169 Å². The Morgan fingerprint density at radius 3 is 2.82 bits per heavy atom. The zero-order valence-corrected chi connectivity index (χ0v) is 17.0. The van der Waals surface area contributed by atoms with Crippen molar-refractivity contribution < 1.29 is 9.21 Å². The predicted octanol–water partition coefficient (Wildman–Crippen LogP) is 4.64. The number of oxazole rings is 1. The SMILES string of the molecule is CCC1c2ccsc2CCN1C(=O)C1CCN(c2nc3ccccc3o2)CC1. The summed E-state index contributed by atoms with van der Waals surface area (Å²) in [6.45, 7) is 4.68. The third-order valence-corrected chi connectivity index (χ3v) is 7.16. The van der Waals surface area contributed by atoms with Crippen molar-refractivity contribution in [3.8, 4) is 0 Å². The second kappa shape index (κ2) is 7.24. The Morgan fingerprint density at radius 1 is 1.21 bits per heavy atom. The van der Waals surface area contributed by atoms with Crippen LogP contribution in [0.25, 0.3) is 11.1 Å². The minimum atomic E-state index is 0.106. The average Bonchev–Trinajstić information content (AvgIpc) is 3.39. The van der Waals surface area contributed by atoms with Gasteiger partial charge in [0.1, 0.15) is 5.52 Å². The Bertz CT molecular complexity index is 954. The molecule has 28 heavy (non-hydrogen) atoms. The molecular formula is C22H25N3O2S. The van der Waals surface area contributed by atoms with E-state index in [1.807, 2.05) is 35.6 Å². The van der Waals surface area contributed by atoms with Crippen molar-refractivity contribution in [1.82, 2.24) is 9.88 Å². The molecule has 5 nitrogen and oxygen atoms in total. The molecule has 2 aromatic heterocycles. The number of piperidine rings is 1. The van der Waals surface area contributed by atoms with Crippen LogP contribution >= 0.6 is 11.3 Å². The van der Waals surface area contributed by atoms with E-state index in [0.29, 0.717) is 11.9 Å². The van der Waals surface area contributed by atoms with Crippen LogP contribution in [0.4, 0.5) is 6.01 Å². The first-order valence-corrected chi connectivity index (χ1v) is 11.1. The second-order valence-corrected chi connectivity index (χ2v) is 8.73. The minimum absolute atomic E-state index is 0.106. The Balaban J connectivity index is 1.27. The van der Waals surface area contributed by atoms with Crippen molar-refractivity contribution in [2.24, 2.45) is 5.92 Å². The lowest BCUT2D eigenvalue weighted by Gasteiger charge is -2.39. The third kappa shape index (κ3) is 3.00. The maximum atomic E-state index is 13.3. The van der Waals surface area contributed by atoms with E-state index in [1.54, 1.807) is 0 Å². The largest absolute Gasteiger partial charge is 0.423 e. The van der Waals surface area contributed by atoms with Crippen molar-refractivity contribution in [3.63, 3.8) is 0 Å². The fourth-order valence-electron chi connectivity index (χ4n) is 4.65.